The van der Waals surface area contributed by atoms with Gasteiger partial charge in [-0.2, -0.15) is 0 Å². The number of hydrogen-bond donors (Lipinski definition) is 0. The third-order valence-electron chi connectivity index (χ3n) is 3.34. The molecule has 0 bridgehead atoms. The van der Waals surface area contributed by atoms with Gasteiger partial charge in [-0.05, 0) is 17.5 Å². The summed E-state index contributed by atoms with van der Waals surface area (Å²) < 4.78 is 0. The second kappa shape index (κ2) is 3.60. The third kappa shape index (κ3) is 1.91. The van der Waals surface area contributed by atoms with Crippen LogP contribution in [0, 0.1) is 0 Å². The fourth-order valence-corrected chi connectivity index (χ4v) is 4.72. The summed E-state index contributed by atoms with van der Waals surface area (Å²) in [6, 6.07) is 8.17. The van der Waals surface area contributed by atoms with Crippen LogP contribution in [0.4, 0.5) is 0 Å². The highest BCUT2D eigenvalue weighted by Crippen LogP contribution is 2.37. The van der Waals surface area contributed by atoms with E-state index in [0.717, 1.165) is 18.4 Å². The summed E-state index contributed by atoms with van der Waals surface area (Å²) in [4.78, 5) is 11.8. The molecule has 0 aliphatic heterocycles. The molecule has 0 amide bonds. The van der Waals surface area contributed by atoms with Gasteiger partial charge in [-0.1, -0.05) is 43.9 Å². The van der Waals surface area contributed by atoms with Gasteiger partial charge in [-0.15, -0.1) is 0 Å². The lowest BCUT2D eigenvalue weighted by Crippen LogP contribution is -2.34. The average Bonchev–Trinajstić information content (AvgIpc) is 2.17. The Hall–Kier alpha value is -0.893. The van der Waals surface area contributed by atoms with Crippen molar-refractivity contribution in [3.05, 3.63) is 35.4 Å². The number of Topliss-reactive ketones (excluding diaryl/α,β-unsaturated/α-hetero) is 1. The van der Waals surface area contributed by atoms with Gasteiger partial charge in [0.2, 0.25) is 0 Å². The van der Waals surface area contributed by atoms with Gasteiger partial charge in [-0.3, -0.25) is 4.79 Å². The van der Waals surface area contributed by atoms with Crippen molar-refractivity contribution in [1.29, 1.82) is 0 Å². The van der Waals surface area contributed by atoms with E-state index in [-0.39, 0.29) is 0 Å². The molecule has 1 aromatic rings. The number of hydrogen-bond acceptors (Lipinski definition) is 1. The normalized spacial score (nSPS) is 21.3. The van der Waals surface area contributed by atoms with Crippen LogP contribution in [0.1, 0.15) is 34.3 Å². The van der Waals surface area contributed by atoms with Crippen LogP contribution in [-0.2, 0) is 0 Å². The van der Waals surface area contributed by atoms with Crippen molar-refractivity contribution in [2.45, 2.75) is 38.0 Å². The van der Waals surface area contributed by atoms with Crippen LogP contribution >= 0.6 is 0 Å². The smallest absolute Gasteiger partial charge is 0.163 e. The summed E-state index contributed by atoms with van der Waals surface area (Å²) in [6.07, 6.45) is 1.80. The molecule has 1 aliphatic rings. The molecular weight excluding hydrogens is 200 g/mol. The first-order valence-corrected chi connectivity index (χ1v) is 9.20. The van der Waals surface area contributed by atoms with Crippen LogP contribution in [0.2, 0.25) is 19.6 Å². The minimum atomic E-state index is -1.19. The van der Waals surface area contributed by atoms with E-state index >= 15 is 0 Å². The topological polar surface area (TPSA) is 17.1 Å². The van der Waals surface area contributed by atoms with Gasteiger partial charge in [0.1, 0.15) is 0 Å². The molecule has 0 saturated heterocycles. The maximum atomic E-state index is 11.8. The molecule has 15 heavy (non-hydrogen) atoms. The van der Waals surface area contributed by atoms with E-state index in [2.05, 4.69) is 31.8 Å². The van der Waals surface area contributed by atoms with Crippen molar-refractivity contribution in [3.63, 3.8) is 0 Å². The Kier molecular flexibility index (Phi) is 2.55. The zero-order chi connectivity index (χ0) is 11.1. The highest BCUT2D eigenvalue weighted by atomic mass is 28.3. The van der Waals surface area contributed by atoms with E-state index < -0.39 is 8.07 Å². The molecule has 2 heteroatoms. The Balaban J connectivity index is 2.50. The second-order valence-corrected chi connectivity index (χ2v) is 10.9. The van der Waals surface area contributed by atoms with Crippen molar-refractivity contribution < 1.29 is 4.79 Å². The van der Waals surface area contributed by atoms with Crippen LogP contribution in [-0.4, -0.2) is 13.9 Å². The molecule has 0 aromatic heterocycles. The fourth-order valence-electron chi connectivity index (χ4n) is 2.52. The molecule has 0 spiro atoms. The van der Waals surface area contributed by atoms with Gasteiger partial charge < -0.3 is 0 Å². The summed E-state index contributed by atoms with van der Waals surface area (Å²) in [5.41, 5.74) is 2.95. The first-order valence-electron chi connectivity index (χ1n) is 5.62. The van der Waals surface area contributed by atoms with Gasteiger partial charge in [0.25, 0.3) is 0 Å². The summed E-state index contributed by atoms with van der Waals surface area (Å²) in [5, 5.41) is 0. The molecule has 80 valence electrons. The molecule has 1 nitrogen and oxygen atoms in total. The van der Waals surface area contributed by atoms with E-state index in [1.165, 1.54) is 5.56 Å². The molecular formula is C13H18OSi. The number of benzene rings is 1. The molecule has 0 N–H and O–H groups in total. The zero-order valence-electron chi connectivity index (χ0n) is 9.71. The Morgan fingerprint density at radius 3 is 2.53 bits per heavy atom. The summed E-state index contributed by atoms with van der Waals surface area (Å²) in [7, 11) is -1.19. The number of carbonyl (C=O) groups excluding carboxylic acids is 1. The lowest BCUT2D eigenvalue weighted by Gasteiger charge is -2.33. The minimum absolute atomic E-state index is 0.333. The van der Waals surface area contributed by atoms with Crippen molar-refractivity contribution in [2.75, 3.05) is 0 Å². The number of fused-ring (bicyclic) bond motifs is 1. The van der Waals surface area contributed by atoms with E-state index in [0.29, 0.717) is 11.3 Å². The monoisotopic (exact) mass is 218 g/mol. The lowest BCUT2D eigenvalue weighted by molar-refractivity contribution is 0.0971. The van der Waals surface area contributed by atoms with E-state index in [1.807, 2.05) is 12.1 Å². The highest BCUT2D eigenvalue weighted by molar-refractivity contribution is 6.77. The molecule has 0 fully saturated rings. The largest absolute Gasteiger partial charge is 0.294 e. The van der Waals surface area contributed by atoms with Crippen molar-refractivity contribution >= 4 is 13.9 Å². The van der Waals surface area contributed by atoms with Crippen molar-refractivity contribution in [2.24, 2.45) is 0 Å². The highest BCUT2D eigenvalue weighted by Gasteiger charge is 2.34. The maximum Gasteiger partial charge on any atom is 0.163 e. The molecule has 0 radical (unpaired) electrons. The number of carbonyl (C=O) groups is 1. The average molecular weight is 218 g/mol. The molecule has 2 rings (SSSR count). The molecule has 1 unspecified atom stereocenters. The molecule has 1 atom stereocenters. The van der Waals surface area contributed by atoms with Gasteiger partial charge in [-0.25, -0.2) is 0 Å². The fraction of sp³-hybridized carbons (Fsp3) is 0.462. The first-order chi connectivity index (χ1) is 7.00. The zero-order valence-corrected chi connectivity index (χ0v) is 10.7. The second-order valence-electron chi connectivity index (χ2n) is 5.47. The molecule has 1 aliphatic carbocycles. The Labute approximate surface area is 92.5 Å². The molecule has 1 aromatic carbocycles. The van der Waals surface area contributed by atoms with Crippen molar-refractivity contribution in [3.8, 4) is 0 Å². The van der Waals surface area contributed by atoms with E-state index in [1.54, 1.807) is 0 Å². The van der Waals surface area contributed by atoms with Crippen LogP contribution in [0.5, 0.6) is 0 Å². The Morgan fingerprint density at radius 1 is 1.20 bits per heavy atom. The van der Waals surface area contributed by atoms with E-state index in [4.69, 9.17) is 0 Å². The number of ketones is 1. The minimum Gasteiger partial charge on any atom is -0.294 e. The van der Waals surface area contributed by atoms with Gasteiger partial charge in [0.05, 0.1) is 8.07 Å². The van der Waals surface area contributed by atoms with Gasteiger partial charge >= 0.3 is 0 Å². The van der Waals surface area contributed by atoms with Crippen molar-refractivity contribution in [1.82, 2.24) is 0 Å². The van der Waals surface area contributed by atoms with Crippen LogP contribution in [0.15, 0.2) is 24.3 Å². The molecule has 0 saturated carbocycles. The van der Waals surface area contributed by atoms with Gasteiger partial charge in [0.15, 0.2) is 5.78 Å². The summed E-state index contributed by atoms with van der Waals surface area (Å²) >= 11 is 0. The SMILES string of the molecule is C[Si](C)(C)C1CCC(=O)c2ccccc21. The van der Waals surface area contributed by atoms with Crippen LogP contribution in [0.3, 0.4) is 0 Å². The molecule has 0 heterocycles. The Bertz CT molecular complexity index is 390. The third-order valence-corrected chi connectivity index (χ3v) is 6.03. The number of rotatable bonds is 1. The van der Waals surface area contributed by atoms with Crippen LogP contribution < -0.4 is 0 Å². The lowest BCUT2D eigenvalue weighted by atomic mass is 9.90. The predicted octanol–water partition coefficient (Wildman–Crippen LogP) is 3.62. The van der Waals surface area contributed by atoms with Crippen LogP contribution in [0.25, 0.3) is 0 Å². The van der Waals surface area contributed by atoms with E-state index in [9.17, 15) is 4.79 Å². The first kappa shape index (κ1) is 10.6. The standard InChI is InChI=1S/C13H18OSi/c1-15(2,3)13-9-8-12(14)10-6-4-5-7-11(10)13/h4-7,13H,8-9H2,1-3H3. The Morgan fingerprint density at radius 2 is 1.87 bits per heavy atom. The maximum absolute atomic E-state index is 11.8. The summed E-state index contributed by atoms with van der Waals surface area (Å²) in [5.74, 6) is 0.333. The summed E-state index contributed by atoms with van der Waals surface area (Å²) in [6.45, 7) is 7.18. The quantitative estimate of drug-likeness (QED) is 0.658. The van der Waals surface area contributed by atoms with Gasteiger partial charge in [0, 0.05) is 12.0 Å². The predicted molar refractivity (Wildman–Crippen MR) is 66.1 cm³/mol.